The molecule has 1 amide bonds. The Morgan fingerprint density at radius 1 is 1.21 bits per heavy atom. The molecule has 0 radical (unpaired) electrons. The first-order chi connectivity index (χ1) is 11.3. The highest BCUT2D eigenvalue weighted by atomic mass is 19.4. The fourth-order valence-corrected chi connectivity index (χ4v) is 3.08. The molecule has 2 saturated heterocycles. The third-order valence-corrected chi connectivity index (χ3v) is 4.64. The molecular weight excluding hydrogens is 329 g/mol. The Kier molecular flexibility index (Phi) is 6.45. The van der Waals surface area contributed by atoms with Crippen molar-refractivity contribution >= 4 is 11.9 Å². The molecule has 3 atom stereocenters. The predicted octanol–water partition coefficient (Wildman–Crippen LogP) is 1.02. The van der Waals surface area contributed by atoms with E-state index in [1.54, 1.807) is 0 Å². The van der Waals surface area contributed by atoms with Crippen LogP contribution >= 0.6 is 0 Å². The van der Waals surface area contributed by atoms with Gasteiger partial charge in [0.1, 0.15) is 0 Å². The van der Waals surface area contributed by atoms with Gasteiger partial charge in [-0.25, -0.2) is 4.79 Å². The molecule has 0 aromatic rings. The number of halogens is 3. The molecule has 3 rings (SSSR count). The molecular formula is C15H23F3N2O4. The summed E-state index contributed by atoms with van der Waals surface area (Å²) in [5.41, 5.74) is 0. The van der Waals surface area contributed by atoms with Gasteiger partial charge in [0.2, 0.25) is 5.91 Å². The zero-order valence-corrected chi connectivity index (χ0v) is 13.3. The minimum absolute atomic E-state index is 0.220. The molecule has 9 heteroatoms. The fraction of sp³-hybridized carbons (Fsp3) is 0.867. The number of rotatable bonds is 4. The van der Waals surface area contributed by atoms with E-state index in [2.05, 4.69) is 10.6 Å². The second-order valence-corrected chi connectivity index (χ2v) is 6.63. The number of aliphatic carboxylic acids is 1. The second-order valence-electron chi connectivity index (χ2n) is 6.63. The van der Waals surface area contributed by atoms with E-state index in [0.29, 0.717) is 24.2 Å². The van der Waals surface area contributed by atoms with Crippen LogP contribution in [0.5, 0.6) is 0 Å². The van der Waals surface area contributed by atoms with Crippen molar-refractivity contribution in [3.8, 4) is 0 Å². The first kappa shape index (κ1) is 19.0. The van der Waals surface area contributed by atoms with Gasteiger partial charge in [0.25, 0.3) is 0 Å². The number of ether oxygens (including phenoxy) is 1. The Morgan fingerprint density at radius 3 is 2.46 bits per heavy atom. The third-order valence-electron chi connectivity index (χ3n) is 4.64. The summed E-state index contributed by atoms with van der Waals surface area (Å²) in [5.74, 6) is -0.0728. The van der Waals surface area contributed by atoms with Crippen molar-refractivity contribution in [1.82, 2.24) is 10.6 Å². The normalized spacial score (nSPS) is 29.2. The van der Waals surface area contributed by atoms with Crippen LogP contribution in [0.3, 0.4) is 0 Å². The third kappa shape index (κ3) is 5.94. The van der Waals surface area contributed by atoms with Crippen molar-refractivity contribution in [2.75, 3.05) is 32.8 Å². The highest BCUT2D eigenvalue weighted by Gasteiger charge is 2.39. The average molecular weight is 352 g/mol. The molecule has 1 aliphatic carbocycles. The lowest BCUT2D eigenvalue weighted by atomic mass is 9.81. The van der Waals surface area contributed by atoms with Crippen LogP contribution in [0.4, 0.5) is 13.2 Å². The lowest BCUT2D eigenvalue weighted by Gasteiger charge is -2.32. The van der Waals surface area contributed by atoms with Crippen LogP contribution in [-0.2, 0) is 14.3 Å². The number of carboxylic acid groups (broad SMARTS) is 1. The number of carbonyl (C=O) groups is 2. The predicted molar refractivity (Wildman–Crippen MR) is 78.2 cm³/mol. The Hall–Kier alpha value is -1.35. The smallest absolute Gasteiger partial charge is 0.475 e. The van der Waals surface area contributed by atoms with Crippen molar-refractivity contribution < 1.29 is 32.6 Å². The van der Waals surface area contributed by atoms with Crippen LogP contribution in [0.15, 0.2) is 0 Å². The highest BCUT2D eigenvalue weighted by Crippen LogP contribution is 2.32. The lowest BCUT2D eigenvalue weighted by molar-refractivity contribution is -0.192. The number of hydrogen-bond acceptors (Lipinski definition) is 4. The monoisotopic (exact) mass is 352 g/mol. The van der Waals surface area contributed by atoms with E-state index in [1.165, 1.54) is 12.8 Å². The van der Waals surface area contributed by atoms with Gasteiger partial charge in [-0.15, -0.1) is 0 Å². The summed E-state index contributed by atoms with van der Waals surface area (Å²) < 4.78 is 37.4. The molecule has 6 nitrogen and oxygen atoms in total. The number of amides is 1. The molecule has 0 spiro atoms. The molecule has 3 aliphatic rings. The van der Waals surface area contributed by atoms with Crippen LogP contribution in [0.1, 0.15) is 19.3 Å². The Bertz CT molecular complexity index is 454. The van der Waals surface area contributed by atoms with Gasteiger partial charge in [-0.1, -0.05) is 0 Å². The molecule has 3 fully saturated rings. The molecule has 138 valence electrons. The number of alkyl halides is 3. The Balaban J connectivity index is 0.000000256. The van der Waals surface area contributed by atoms with Crippen LogP contribution in [0, 0.1) is 23.7 Å². The number of hydrogen-bond donors (Lipinski definition) is 3. The summed E-state index contributed by atoms with van der Waals surface area (Å²) in [5, 5.41) is 13.6. The van der Waals surface area contributed by atoms with E-state index in [-0.39, 0.29) is 5.91 Å². The summed E-state index contributed by atoms with van der Waals surface area (Å²) in [4.78, 5) is 20.7. The van der Waals surface area contributed by atoms with Gasteiger partial charge in [0, 0.05) is 19.5 Å². The zero-order chi connectivity index (χ0) is 17.7. The van der Waals surface area contributed by atoms with E-state index in [4.69, 9.17) is 14.6 Å². The fourth-order valence-electron chi connectivity index (χ4n) is 3.08. The minimum atomic E-state index is -5.08. The van der Waals surface area contributed by atoms with E-state index < -0.39 is 12.1 Å². The molecule has 0 unspecified atom stereocenters. The van der Waals surface area contributed by atoms with Crippen LogP contribution < -0.4 is 10.6 Å². The van der Waals surface area contributed by atoms with Gasteiger partial charge in [-0.05, 0) is 43.1 Å². The second kappa shape index (κ2) is 8.15. The summed E-state index contributed by atoms with van der Waals surface area (Å²) in [6.45, 7) is 4.65. The molecule has 2 aliphatic heterocycles. The number of carbonyl (C=O) groups excluding carboxylic acids is 1. The first-order valence-corrected chi connectivity index (χ1v) is 8.12. The standard InChI is InChI=1S/C13H22N2O2.C2HF3O2/c16-13(15-4-9-1-2-9)3-10-7-17-8-11-5-14-6-12(10)11;3-2(4,5)1(6)7/h9-12,14H,1-8H2,(H,15,16);(H,6,7)/t10-,11-,12+;/m1./s1. The van der Waals surface area contributed by atoms with Crippen molar-refractivity contribution in [3.05, 3.63) is 0 Å². The van der Waals surface area contributed by atoms with Crippen molar-refractivity contribution in [3.63, 3.8) is 0 Å². The van der Waals surface area contributed by atoms with Crippen LogP contribution in [0.25, 0.3) is 0 Å². The molecule has 0 bridgehead atoms. The summed E-state index contributed by atoms with van der Waals surface area (Å²) in [6.07, 6.45) is -1.85. The molecule has 3 N–H and O–H groups in total. The average Bonchev–Trinajstić information content (AvgIpc) is 3.20. The van der Waals surface area contributed by atoms with E-state index in [1.807, 2.05) is 0 Å². The lowest BCUT2D eigenvalue weighted by Crippen LogP contribution is -2.38. The van der Waals surface area contributed by atoms with Crippen LogP contribution in [0.2, 0.25) is 0 Å². The van der Waals surface area contributed by atoms with E-state index in [0.717, 1.165) is 38.8 Å². The minimum Gasteiger partial charge on any atom is -0.475 e. The zero-order valence-electron chi connectivity index (χ0n) is 13.3. The summed E-state index contributed by atoms with van der Waals surface area (Å²) in [7, 11) is 0. The number of carboxylic acids is 1. The van der Waals surface area contributed by atoms with Crippen molar-refractivity contribution in [2.24, 2.45) is 23.7 Å². The van der Waals surface area contributed by atoms with Gasteiger partial charge in [-0.3, -0.25) is 4.79 Å². The maximum atomic E-state index is 11.8. The van der Waals surface area contributed by atoms with Crippen molar-refractivity contribution in [2.45, 2.75) is 25.4 Å². The number of fused-ring (bicyclic) bond motifs is 1. The molecule has 1 saturated carbocycles. The largest absolute Gasteiger partial charge is 0.490 e. The summed E-state index contributed by atoms with van der Waals surface area (Å²) >= 11 is 0. The maximum absolute atomic E-state index is 11.8. The summed E-state index contributed by atoms with van der Waals surface area (Å²) in [6, 6.07) is 0. The Morgan fingerprint density at radius 2 is 1.88 bits per heavy atom. The molecule has 24 heavy (non-hydrogen) atoms. The Labute approximate surface area is 138 Å². The maximum Gasteiger partial charge on any atom is 0.490 e. The van der Waals surface area contributed by atoms with Crippen LogP contribution in [-0.4, -0.2) is 56.0 Å². The van der Waals surface area contributed by atoms with Crippen molar-refractivity contribution in [1.29, 1.82) is 0 Å². The SMILES string of the molecule is O=C(C[C@@H]1COC[C@H]2CNC[C@H]21)NCC1CC1.O=C(O)C(F)(F)F. The van der Waals surface area contributed by atoms with Gasteiger partial charge in [0.15, 0.2) is 0 Å². The quantitative estimate of drug-likeness (QED) is 0.703. The van der Waals surface area contributed by atoms with Gasteiger partial charge >= 0.3 is 12.1 Å². The first-order valence-electron chi connectivity index (χ1n) is 8.12. The topological polar surface area (TPSA) is 87.7 Å². The number of nitrogens with one attached hydrogen (secondary N) is 2. The van der Waals surface area contributed by atoms with Gasteiger partial charge in [0.05, 0.1) is 13.2 Å². The van der Waals surface area contributed by atoms with Gasteiger partial charge in [-0.2, -0.15) is 13.2 Å². The van der Waals surface area contributed by atoms with Gasteiger partial charge < -0.3 is 20.5 Å². The molecule has 0 aromatic heterocycles. The van der Waals surface area contributed by atoms with E-state index >= 15 is 0 Å². The van der Waals surface area contributed by atoms with E-state index in [9.17, 15) is 18.0 Å². The molecule has 2 heterocycles. The highest BCUT2D eigenvalue weighted by molar-refractivity contribution is 5.76. The molecule has 0 aromatic carbocycles.